The molecule has 0 spiro atoms. The molecule has 4 N–H and O–H groups in total. The molecule has 0 aromatic heterocycles. The second kappa shape index (κ2) is 15.2. The van der Waals surface area contributed by atoms with Gasteiger partial charge in [-0.15, -0.1) is 0 Å². The van der Waals surface area contributed by atoms with Crippen LogP contribution in [0.2, 0.25) is 0 Å². The van der Waals surface area contributed by atoms with Crippen LogP contribution in [0.25, 0.3) is 0 Å². The zero-order valence-electron chi connectivity index (χ0n) is 26.2. The number of sulfonamides is 2. The third-order valence-corrected chi connectivity index (χ3v) is 12.8. The van der Waals surface area contributed by atoms with E-state index in [1.807, 2.05) is 6.92 Å². The molecule has 0 aliphatic carbocycles. The molecular weight excluding hydrogens is 696 g/mol. The first-order chi connectivity index (χ1) is 22.4. The first-order valence-corrected chi connectivity index (χ1v) is 19.5. The first kappa shape index (κ1) is 37.8. The van der Waals surface area contributed by atoms with Crippen molar-refractivity contribution in [2.45, 2.75) is 66.9 Å². The van der Waals surface area contributed by atoms with E-state index in [-0.39, 0.29) is 46.3 Å². The van der Waals surface area contributed by atoms with Crippen molar-refractivity contribution >= 4 is 30.2 Å². The summed E-state index contributed by atoms with van der Waals surface area (Å²) in [6.45, 7) is 1.55. The van der Waals surface area contributed by atoms with E-state index in [0.717, 1.165) is 11.6 Å². The number of rotatable bonds is 11. The largest absolute Gasteiger partial charge is 0.497 e. The highest BCUT2D eigenvalue weighted by molar-refractivity contribution is 7.90. The lowest BCUT2D eigenvalue weighted by Gasteiger charge is -2.40. The highest BCUT2D eigenvalue weighted by Crippen LogP contribution is 2.42. The predicted molar refractivity (Wildman–Crippen MR) is 172 cm³/mol. The van der Waals surface area contributed by atoms with Gasteiger partial charge in [0.15, 0.2) is 11.6 Å². The van der Waals surface area contributed by atoms with Crippen molar-refractivity contribution in [3.63, 3.8) is 0 Å². The number of fused-ring (bicyclic) bond motifs is 2. The van der Waals surface area contributed by atoms with Crippen molar-refractivity contribution in [3.05, 3.63) is 89.2 Å². The van der Waals surface area contributed by atoms with Crippen LogP contribution in [0.15, 0.2) is 70.5 Å². The van der Waals surface area contributed by atoms with Crippen molar-refractivity contribution in [2.75, 3.05) is 19.4 Å². The van der Waals surface area contributed by atoms with Crippen molar-refractivity contribution in [3.8, 4) is 5.75 Å². The maximum Gasteiger partial charge on any atom is 0.294 e. The Morgan fingerprint density at radius 3 is 1.96 bits per heavy atom. The monoisotopic (exact) mass is 733 g/mol. The number of benzene rings is 3. The summed E-state index contributed by atoms with van der Waals surface area (Å²) in [5.74, 6) is -3.30. The molecule has 3 aromatic carbocycles. The lowest BCUT2D eigenvalue weighted by Crippen LogP contribution is -2.51. The third kappa shape index (κ3) is 9.34. The third-order valence-electron chi connectivity index (χ3n) is 8.51. The number of ether oxygens (including phenoxy) is 1. The van der Waals surface area contributed by atoms with E-state index in [1.165, 1.54) is 47.8 Å². The quantitative estimate of drug-likeness (QED) is 0.196. The zero-order chi connectivity index (χ0) is 35.4. The number of nitrogens with one attached hydrogen (secondary N) is 1. The molecule has 2 aliphatic heterocycles. The molecular formula is C31H38F3N3O8S3. The Morgan fingerprint density at radius 1 is 0.875 bits per heavy atom. The van der Waals surface area contributed by atoms with Gasteiger partial charge in [0.1, 0.15) is 11.6 Å². The minimum absolute atomic E-state index is 0.00181. The number of hydrogen-bond acceptors (Lipinski definition) is 8. The average Bonchev–Trinajstić information content (AvgIpc) is 3.30. The SMILES string of the molecule is COc1ccc(S(=O)(=O)NCCS(=O)(=O)N2[C@@H]3CC[C@H]2C[C@H]([C@H](N)Cc2cc(F)c(F)cc2F)C3)cc1.Cc1ccc(S(=O)(=O)O)cc1. The minimum atomic E-state index is -4.02. The Bertz CT molecular complexity index is 1900. The normalized spacial score (nSPS) is 20.5. The molecule has 0 amide bonds. The van der Waals surface area contributed by atoms with Crippen LogP contribution in [-0.2, 0) is 36.6 Å². The van der Waals surface area contributed by atoms with Gasteiger partial charge in [0.05, 0.1) is 22.7 Å². The second-order valence-electron chi connectivity index (χ2n) is 11.8. The molecule has 17 heteroatoms. The second-order valence-corrected chi connectivity index (χ2v) is 17.0. The van der Waals surface area contributed by atoms with Crippen molar-refractivity contribution in [1.82, 2.24) is 9.03 Å². The smallest absolute Gasteiger partial charge is 0.294 e. The summed E-state index contributed by atoms with van der Waals surface area (Å²) >= 11 is 0. The van der Waals surface area contributed by atoms with Crippen LogP contribution >= 0.6 is 0 Å². The number of hydrogen-bond donors (Lipinski definition) is 3. The molecule has 4 atom stereocenters. The Labute approximate surface area is 279 Å². The minimum Gasteiger partial charge on any atom is -0.497 e. The molecule has 2 bridgehead atoms. The summed E-state index contributed by atoms with van der Waals surface area (Å²) in [5, 5.41) is 0. The summed E-state index contributed by atoms with van der Waals surface area (Å²) in [4.78, 5) is -0.0684. The van der Waals surface area contributed by atoms with Gasteiger partial charge in [0.2, 0.25) is 20.0 Å². The van der Waals surface area contributed by atoms with E-state index in [0.29, 0.717) is 37.5 Å². The van der Waals surface area contributed by atoms with Crippen LogP contribution in [-0.4, -0.2) is 71.6 Å². The molecule has 2 saturated heterocycles. The summed E-state index contributed by atoms with van der Waals surface area (Å²) < 4.78 is 131. The van der Waals surface area contributed by atoms with E-state index < -0.39 is 59.4 Å². The topological polar surface area (TPSA) is 173 Å². The zero-order valence-corrected chi connectivity index (χ0v) is 28.7. The highest BCUT2D eigenvalue weighted by Gasteiger charge is 2.47. The average molecular weight is 734 g/mol. The number of aryl methyl sites for hydroxylation is 1. The molecule has 264 valence electrons. The van der Waals surface area contributed by atoms with E-state index in [2.05, 4.69) is 4.72 Å². The van der Waals surface area contributed by atoms with Crippen molar-refractivity contribution in [2.24, 2.45) is 11.7 Å². The van der Waals surface area contributed by atoms with Crippen molar-refractivity contribution in [1.29, 1.82) is 0 Å². The fourth-order valence-electron chi connectivity index (χ4n) is 6.08. The molecule has 11 nitrogen and oxygen atoms in total. The molecule has 0 radical (unpaired) electrons. The fraction of sp³-hybridized carbons (Fsp3) is 0.419. The Kier molecular flexibility index (Phi) is 12.0. The van der Waals surface area contributed by atoms with Gasteiger partial charge in [0, 0.05) is 30.7 Å². The fourth-order valence-corrected chi connectivity index (χ4v) is 9.58. The van der Waals surface area contributed by atoms with Crippen LogP contribution in [0, 0.1) is 30.3 Å². The van der Waals surface area contributed by atoms with Gasteiger partial charge in [-0.3, -0.25) is 4.55 Å². The Balaban J connectivity index is 0.000000401. The number of methoxy groups -OCH3 is 1. The number of nitrogens with zero attached hydrogens (tertiary/aromatic N) is 1. The van der Waals surface area contributed by atoms with E-state index in [9.17, 15) is 38.4 Å². The van der Waals surface area contributed by atoms with Gasteiger partial charge in [-0.2, -0.15) is 12.7 Å². The standard InChI is InChI=1S/C24H30F3N3O5S2.C7H8O3S/c1-35-19-4-6-20(7-5-19)37(33,34)29-8-9-36(31,32)30-17-2-3-18(30)11-16(10-17)24(28)13-15-12-22(26)23(27)14-21(15)25;1-6-2-4-7(5-3-6)11(8,9)10/h4-7,12,14,16-18,24,29H,2-3,8-11,13,28H2,1H3;2-5H,1H3,(H,8,9,10)/t16-,17-,18+,24-;/m1./s1. The van der Waals surface area contributed by atoms with E-state index in [1.54, 1.807) is 12.1 Å². The van der Waals surface area contributed by atoms with E-state index >= 15 is 0 Å². The van der Waals surface area contributed by atoms with Gasteiger partial charge >= 0.3 is 0 Å². The number of piperidine rings is 1. The van der Waals surface area contributed by atoms with Gasteiger partial charge in [0.25, 0.3) is 10.1 Å². The lowest BCUT2D eigenvalue weighted by atomic mass is 9.83. The molecule has 0 saturated carbocycles. The summed E-state index contributed by atoms with van der Waals surface area (Å²) in [5.41, 5.74) is 7.25. The number of nitrogens with two attached hydrogens (primary N) is 1. The molecule has 48 heavy (non-hydrogen) atoms. The lowest BCUT2D eigenvalue weighted by molar-refractivity contribution is 0.170. The summed E-state index contributed by atoms with van der Waals surface area (Å²) in [6.07, 6.45) is 2.21. The molecule has 2 aliphatic rings. The van der Waals surface area contributed by atoms with Crippen LogP contribution in [0.4, 0.5) is 13.2 Å². The van der Waals surface area contributed by atoms with E-state index in [4.69, 9.17) is 15.0 Å². The highest BCUT2D eigenvalue weighted by atomic mass is 32.2. The first-order valence-electron chi connectivity index (χ1n) is 15.0. The predicted octanol–water partition coefficient (Wildman–Crippen LogP) is 3.78. The van der Waals surface area contributed by atoms with Crippen LogP contribution in [0.1, 0.15) is 36.8 Å². The molecule has 2 heterocycles. The van der Waals surface area contributed by atoms with Crippen molar-refractivity contribution < 1.29 is 47.7 Å². The van der Waals surface area contributed by atoms with Crippen LogP contribution < -0.4 is 15.2 Å². The summed E-state index contributed by atoms with van der Waals surface area (Å²) in [6, 6.07) is 11.9. The van der Waals surface area contributed by atoms with Crippen LogP contribution in [0.5, 0.6) is 5.75 Å². The summed E-state index contributed by atoms with van der Waals surface area (Å²) in [7, 11) is -10.2. The van der Waals surface area contributed by atoms with Gasteiger partial charge in [-0.25, -0.2) is 34.7 Å². The maximum atomic E-state index is 14.1. The molecule has 0 unspecified atom stereocenters. The Hall–Kier alpha value is -3.06. The van der Waals surface area contributed by atoms with Crippen LogP contribution in [0.3, 0.4) is 0 Å². The number of halogens is 3. The molecule has 3 aromatic rings. The molecule has 2 fully saturated rings. The van der Waals surface area contributed by atoms with Gasteiger partial charge in [-0.1, -0.05) is 17.7 Å². The van der Waals surface area contributed by atoms with Gasteiger partial charge < -0.3 is 10.5 Å². The molecule has 5 rings (SSSR count). The Morgan fingerprint density at radius 2 is 1.42 bits per heavy atom. The van der Waals surface area contributed by atoms with Gasteiger partial charge in [-0.05, 0) is 93.0 Å². The maximum absolute atomic E-state index is 14.1.